The summed E-state index contributed by atoms with van der Waals surface area (Å²) in [6.45, 7) is 1.79. The summed E-state index contributed by atoms with van der Waals surface area (Å²) in [5.41, 5.74) is 1.34. The first-order chi connectivity index (χ1) is 11.1. The van der Waals surface area contributed by atoms with Gasteiger partial charge in [-0.05, 0) is 31.2 Å². The second-order valence-corrected chi connectivity index (χ2v) is 5.46. The van der Waals surface area contributed by atoms with E-state index in [1.54, 1.807) is 31.2 Å². The molecule has 3 rings (SSSR count). The smallest absolute Gasteiger partial charge is 0.251 e. The Labute approximate surface area is 138 Å². The fourth-order valence-electron chi connectivity index (χ4n) is 2.09. The lowest BCUT2D eigenvalue weighted by molar-refractivity contribution is 0.0932. The first-order valence-electron chi connectivity index (χ1n) is 7.09. The Morgan fingerprint density at radius 2 is 1.96 bits per heavy atom. The number of hydrogen-bond acceptors (Lipinski definition) is 4. The zero-order valence-corrected chi connectivity index (χ0v) is 13.1. The maximum absolute atomic E-state index is 12.1. The molecule has 0 radical (unpaired) electrons. The summed E-state index contributed by atoms with van der Waals surface area (Å²) < 4.78 is 5.24. The van der Waals surface area contributed by atoms with Crippen molar-refractivity contribution in [2.24, 2.45) is 0 Å². The molecule has 6 heteroatoms. The summed E-state index contributed by atoms with van der Waals surface area (Å²) in [6, 6.07) is 15.7. The molecular formula is C17H14ClN3O2. The lowest BCUT2D eigenvalue weighted by atomic mass is 10.2. The summed E-state index contributed by atoms with van der Waals surface area (Å²) in [5.74, 6) is 0.577. The molecule has 1 N–H and O–H groups in total. The highest BCUT2D eigenvalue weighted by Crippen LogP contribution is 2.21. The lowest BCUT2D eigenvalue weighted by Crippen LogP contribution is -2.26. The van der Waals surface area contributed by atoms with Gasteiger partial charge in [-0.3, -0.25) is 4.79 Å². The van der Waals surface area contributed by atoms with E-state index in [0.29, 0.717) is 22.3 Å². The molecule has 0 bridgehead atoms. The van der Waals surface area contributed by atoms with Crippen molar-refractivity contribution in [1.82, 2.24) is 15.5 Å². The third-order valence-electron chi connectivity index (χ3n) is 3.28. The number of halogens is 1. The predicted molar refractivity (Wildman–Crippen MR) is 87.1 cm³/mol. The van der Waals surface area contributed by atoms with E-state index >= 15 is 0 Å². The van der Waals surface area contributed by atoms with Crippen LogP contribution in [-0.2, 0) is 0 Å². The second kappa shape index (κ2) is 6.62. The van der Waals surface area contributed by atoms with Gasteiger partial charge in [0, 0.05) is 16.1 Å². The van der Waals surface area contributed by atoms with Crippen LogP contribution in [0.5, 0.6) is 0 Å². The van der Waals surface area contributed by atoms with Crippen molar-refractivity contribution in [3.05, 3.63) is 71.1 Å². The van der Waals surface area contributed by atoms with Gasteiger partial charge in [0.1, 0.15) is 6.04 Å². The first kappa shape index (κ1) is 15.2. The largest absolute Gasteiger partial charge is 0.341 e. The van der Waals surface area contributed by atoms with Crippen molar-refractivity contribution >= 4 is 17.5 Å². The van der Waals surface area contributed by atoms with Crippen molar-refractivity contribution in [1.29, 1.82) is 0 Å². The molecule has 3 aromatic rings. The van der Waals surface area contributed by atoms with Crippen LogP contribution in [0.3, 0.4) is 0 Å². The molecule has 1 amide bonds. The zero-order chi connectivity index (χ0) is 16.2. The molecule has 0 aliphatic rings. The van der Waals surface area contributed by atoms with E-state index in [4.69, 9.17) is 16.1 Å². The highest BCUT2D eigenvalue weighted by molar-refractivity contribution is 6.30. The van der Waals surface area contributed by atoms with E-state index in [9.17, 15) is 4.79 Å². The van der Waals surface area contributed by atoms with E-state index < -0.39 is 6.04 Å². The van der Waals surface area contributed by atoms with Crippen molar-refractivity contribution in [2.45, 2.75) is 13.0 Å². The normalized spacial score (nSPS) is 11.9. The monoisotopic (exact) mass is 327 g/mol. The van der Waals surface area contributed by atoms with Crippen LogP contribution in [0.25, 0.3) is 11.4 Å². The number of amides is 1. The third kappa shape index (κ3) is 3.57. The number of carbonyl (C=O) groups excluding carboxylic acids is 1. The van der Waals surface area contributed by atoms with E-state index in [1.807, 2.05) is 30.3 Å². The van der Waals surface area contributed by atoms with Crippen molar-refractivity contribution in [3.63, 3.8) is 0 Å². The Bertz CT molecular complexity index is 817. The minimum Gasteiger partial charge on any atom is -0.341 e. The molecule has 1 atom stereocenters. The number of hydrogen-bond donors (Lipinski definition) is 1. The average Bonchev–Trinajstić information content (AvgIpc) is 3.06. The molecule has 1 aromatic heterocycles. The van der Waals surface area contributed by atoms with Crippen LogP contribution in [0.4, 0.5) is 0 Å². The number of rotatable bonds is 4. The molecule has 0 spiro atoms. The Morgan fingerprint density at radius 3 is 2.70 bits per heavy atom. The van der Waals surface area contributed by atoms with Crippen molar-refractivity contribution < 1.29 is 9.32 Å². The van der Waals surface area contributed by atoms with Crippen LogP contribution < -0.4 is 5.32 Å². The Balaban J connectivity index is 1.74. The molecule has 2 aromatic carbocycles. The Kier molecular flexibility index (Phi) is 4.39. The average molecular weight is 328 g/mol. The van der Waals surface area contributed by atoms with Crippen LogP contribution in [0.15, 0.2) is 59.1 Å². The molecule has 0 saturated heterocycles. The molecule has 0 unspecified atom stereocenters. The topological polar surface area (TPSA) is 68.0 Å². The fourth-order valence-corrected chi connectivity index (χ4v) is 2.28. The molecule has 5 nitrogen and oxygen atoms in total. The SMILES string of the molecule is C[C@@H](NC(=O)c1ccccc1)c1nc(-c2cccc(Cl)c2)no1. The summed E-state index contributed by atoms with van der Waals surface area (Å²) >= 11 is 5.96. The molecule has 1 heterocycles. The molecular weight excluding hydrogens is 314 g/mol. The molecule has 0 saturated carbocycles. The van der Waals surface area contributed by atoms with Gasteiger partial charge in [-0.2, -0.15) is 4.98 Å². The first-order valence-corrected chi connectivity index (χ1v) is 7.47. The van der Waals surface area contributed by atoms with E-state index in [-0.39, 0.29) is 5.91 Å². The van der Waals surface area contributed by atoms with Gasteiger partial charge >= 0.3 is 0 Å². The Morgan fingerprint density at radius 1 is 1.17 bits per heavy atom. The van der Waals surface area contributed by atoms with E-state index in [1.165, 1.54) is 0 Å². The maximum Gasteiger partial charge on any atom is 0.251 e. The predicted octanol–water partition coefficient (Wildman–Crippen LogP) is 3.88. The third-order valence-corrected chi connectivity index (χ3v) is 3.51. The molecule has 23 heavy (non-hydrogen) atoms. The van der Waals surface area contributed by atoms with Crippen LogP contribution in [0, 0.1) is 0 Å². The summed E-state index contributed by atoms with van der Waals surface area (Å²) in [4.78, 5) is 16.4. The minimum absolute atomic E-state index is 0.194. The van der Waals surface area contributed by atoms with Gasteiger partial charge in [0.25, 0.3) is 5.91 Å². The summed E-state index contributed by atoms with van der Waals surface area (Å²) in [5, 5.41) is 7.36. The van der Waals surface area contributed by atoms with Gasteiger partial charge in [0.15, 0.2) is 0 Å². The van der Waals surface area contributed by atoms with Gasteiger partial charge in [-0.25, -0.2) is 0 Å². The number of aromatic nitrogens is 2. The molecule has 0 aliphatic carbocycles. The van der Waals surface area contributed by atoms with E-state index in [2.05, 4.69) is 15.5 Å². The van der Waals surface area contributed by atoms with Crippen LogP contribution >= 0.6 is 11.6 Å². The van der Waals surface area contributed by atoms with Gasteiger partial charge < -0.3 is 9.84 Å². The van der Waals surface area contributed by atoms with Gasteiger partial charge in [-0.1, -0.05) is 47.1 Å². The summed E-state index contributed by atoms with van der Waals surface area (Å²) in [7, 11) is 0. The number of nitrogens with zero attached hydrogens (tertiary/aromatic N) is 2. The lowest BCUT2D eigenvalue weighted by Gasteiger charge is -2.09. The quantitative estimate of drug-likeness (QED) is 0.789. The van der Waals surface area contributed by atoms with E-state index in [0.717, 1.165) is 5.56 Å². The molecule has 0 fully saturated rings. The molecule has 0 aliphatic heterocycles. The van der Waals surface area contributed by atoms with Crippen molar-refractivity contribution in [3.8, 4) is 11.4 Å². The number of benzene rings is 2. The van der Waals surface area contributed by atoms with Crippen LogP contribution in [0.2, 0.25) is 5.02 Å². The zero-order valence-electron chi connectivity index (χ0n) is 12.4. The highest BCUT2D eigenvalue weighted by atomic mass is 35.5. The maximum atomic E-state index is 12.1. The second-order valence-electron chi connectivity index (χ2n) is 5.03. The van der Waals surface area contributed by atoms with Crippen LogP contribution in [0.1, 0.15) is 29.2 Å². The summed E-state index contributed by atoms with van der Waals surface area (Å²) in [6.07, 6.45) is 0. The molecule has 116 valence electrons. The van der Waals surface area contributed by atoms with Gasteiger partial charge in [0.2, 0.25) is 11.7 Å². The number of carbonyl (C=O) groups is 1. The van der Waals surface area contributed by atoms with Gasteiger partial charge in [-0.15, -0.1) is 0 Å². The van der Waals surface area contributed by atoms with Crippen molar-refractivity contribution in [2.75, 3.05) is 0 Å². The van der Waals surface area contributed by atoms with Gasteiger partial charge in [0.05, 0.1) is 0 Å². The standard InChI is InChI=1S/C17H14ClN3O2/c1-11(19-16(22)12-6-3-2-4-7-12)17-20-15(21-23-17)13-8-5-9-14(18)10-13/h2-11H,1H3,(H,19,22)/t11-/m1/s1. The minimum atomic E-state index is -0.400. The number of nitrogens with one attached hydrogen (secondary N) is 1. The Hall–Kier alpha value is -2.66. The van der Waals surface area contributed by atoms with Crippen LogP contribution in [-0.4, -0.2) is 16.0 Å². The fraction of sp³-hybridized carbons (Fsp3) is 0.118. The highest BCUT2D eigenvalue weighted by Gasteiger charge is 2.18.